The van der Waals surface area contributed by atoms with Crippen molar-refractivity contribution in [2.45, 2.75) is 0 Å². The van der Waals surface area contributed by atoms with Crippen LogP contribution in [-0.4, -0.2) is 19.1 Å². The van der Waals surface area contributed by atoms with Gasteiger partial charge in [0.25, 0.3) is 0 Å². The third-order valence-corrected chi connectivity index (χ3v) is 3.71. The van der Waals surface area contributed by atoms with Crippen molar-refractivity contribution in [3.8, 4) is 0 Å². The third-order valence-electron chi connectivity index (χ3n) is 3.71. The number of hydrogen-bond donors (Lipinski definition) is 0. The van der Waals surface area contributed by atoms with Gasteiger partial charge in [0.05, 0.1) is 5.52 Å². The van der Waals surface area contributed by atoms with E-state index in [9.17, 15) is 0 Å². The quantitative estimate of drug-likeness (QED) is 0.754. The summed E-state index contributed by atoms with van der Waals surface area (Å²) in [5, 5.41) is 1.18. The maximum atomic E-state index is 4.73. The van der Waals surface area contributed by atoms with Crippen LogP contribution in [-0.2, 0) is 17.1 Å². The van der Waals surface area contributed by atoms with Gasteiger partial charge in [-0.1, -0.05) is 12.1 Å². The van der Waals surface area contributed by atoms with Crippen LogP contribution in [0.25, 0.3) is 10.9 Å². The molecule has 0 bridgehead atoms. The summed E-state index contributed by atoms with van der Waals surface area (Å²) in [7, 11) is 4.09. The van der Waals surface area contributed by atoms with Gasteiger partial charge < -0.3 is 4.90 Å². The Kier molecular flexibility index (Phi) is 7.58. The van der Waals surface area contributed by atoms with Crippen LogP contribution in [0.3, 0.4) is 0 Å². The number of anilines is 1. The number of nitrogens with zero attached hydrogens (tertiary/aromatic N) is 2. The molecule has 0 atom stereocenters. The van der Waals surface area contributed by atoms with Gasteiger partial charge in [-0.25, -0.2) is 0 Å². The van der Waals surface area contributed by atoms with Gasteiger partial charge in [0.2, 0.25) is 0 Å². The number of aromatic nitrogens is 1. The van der Waals surface area contributed by atoms with Crippen molar-refractivity contribution in [1.82, 2.24) is 4.98 Å². The number of fused-ring (bicyclic) bond motifs is 1. The Morgan fingerprint density at radius 2 is 1.33 bits per heavy atom. The first kappa shape index (κ1) is 19.3. The molecule has 0 spiro atoms. The van der Waals surface area contributed by atoms with Crippen LogP contribution in [0, 0.1) is 63.7 Å². The fourth-order valence-electron chi connectivity index (χ4n) is 2.41. The van der Waals surface area contributed by atoms with Crippen molar-refractivity contribution in [3.05, 3.63) is 99.7 Å². The molecule has 0 saturated heterocycles. The molecule has 24 heavy (non-hydrogen) atoms. The number of hydrogen-bond acceptors (Lipinski definition) is 2. The Balaban J connectivity index is 0.000000300. The van der Waals surface area contributed by atoms with Crippen LogP contribution in [0.2, 0.25) is 0 Å². The minimum atomic E-state index is 0. The Morgan fingerprint density at radius 1 is 0.750 bits per heavy atom. The van der Waals surface area contributed by atoms with Crippen molar-refractivity contribution in [1.29, 1.82) is 0 Å². The molecule has 0 N–H and O–H groups in total. The second-order valence-electron chi connectivity index (χ2n) is 5.60. The molecule has 1 heterocycles. The van der Waals surface area contributed by atoms with Crippen LogP contribution < -0.4 is 4.90 Å². The molecule has 2 aromatic rings. The molecule has 0 aliphatic heterocycles. The zero-order valence-electron chi connectivity index (χ0n) is 13.8. The molecule has 1 aromatic heterocycles. The summed E-state index contributed by atoms with van der Waals surface area (Å²) >= 11 is 0. The van der Waals surface area contributed by atoms with Crippen LogP contribution in [0.1, 0.15) is 5.69 Å². The van der Waals surface area contributed by atoms with Crippen molar-refractivity contribution >= 4 is 16.6 Å². The first-order valence-electron chi connectivity index (χ1n) is 7.71. The number of benzene rings is 1. The second kappa shape index (κ2) is 9.44. The Hall–Kier alpha value is -1.05. The number of rotatable bonds is 2. The van der Waals surface area contributed by atoms with Gasteiger partial charge in [0.15, 0.2) is 0 Å². The molecule has 10 radical (unpaired) electrons. The Bertz CT molecular complexity index is 621. The molecule has 2 aliphatic carbocycles. The summed E-state index contributed by atoms with van der Waals surface area (Å²) in [6, 6.07) is 10.6. The fourth-order valence-corrected chi connectivity index (χ4v) is 2.41. The van der Waals surface area contributed by atoms with E-state index in [0.29, 0.717) is 0 Å². The van der Waals surface area contributed by atoms with Gasteiger partial charge in [0.1, 0.15) is 0 Å². The standard InChI is InChI=1S/C16H15N2.C5H5.Fe/c1-18(2)14-9-7-13-8-10-15(17-16(13)11-14)12-5-3-4-6-12;1-2-4-5-3-1;/h3-11H,1-2H3;1-5H;/q;;+2. The molecule has 1 aromatic carbocycles. The van der Waals surface area contributed by atoms with Crippen molar-refractivity contribution in [2.75, 3.05) is 19.0 Å². The second-order valence-corrected chi connectivity index (χ2v) is 5.60. The van der Waals surface area contributed by atoms with Crippen molar-refractivity contribution in [2.24, 2.45) is 0 Å². The van der Waals surface area contributed by atoms with E-state index in [2.05, 4.69) is 48.1 Å². The Labute approximate surface area is 157 Å². The summed E-state index contributed by atoms with van der Waals surface area (Å²) in [6.07, 6.45) is 18.3. The van der Waals surface area contributed by atoms with E-state index < -0.39 is 0 Å². The minimum Gasteiger partial charge on any atom is -0.378 e. The van der Waals surface area contributed by atoms with Gasteiger partial charge >= 0.3 is 17.1 Å². The molecule has 0 amide bonds. The molecule has 120 valence electrons. The molecule has 2 saturated carbocycles. The zero-order chi connectivity index (χ0) is 16.1. The average Bonchev–Trinajstić information content (AvgIpc) is 3.29. The predicted octanol–water partition coefficient (Wildman–Crippen LogP) is 4.07. The molecular weight excluding hydrogens is 336 g/mol. The Morgan fingerprint density at radius 3 is 1.92 bits per heavy atom. The minimum absolute atomic E-state index is 0. The largest absolute Gasteiger partial charge is 2.00 e. The summed E-state index contributed by atoms with van der Waals surface area (Å²) < 4.78 is 0. The van der Waals surface area contributed by atoms with Crippen LogP contribution in [0.5, 0.6) is 0 Å². The maximum absolute atomic E-state index is 4.73. The maximum Gasteiger partial charge on any atom is 2.00 e. The molecule has 2 nitrogen and oxygen atoms in total. The van der Waals surface area contributed by atoms with Crippen molar-refractivity contribution < 1.29 is 17.1 Å². The van der Waals surface area contributed by atoms with E-state index in [-0.39, 0.29) is 17.1 Å². The van der Waals surface area contributed by atoms with E-state index in [0.717, 1.165) is 11.2 Å². The molecular formula is C21H20FeN2+2. The SMILES string of the molecule is CN(C)c1ccc2ccc([C]3[CH][CH][CH][CH]3)nc2c1.[CH]1[CH][CH][CH][CH]1.[Fe+2]. The third kappa shape index (κ3) is 4.97. The first-order chi connectivity index (χ1) is 11.2. The fraction of sp³-hybridized carbons (Fsp3) is 0.0952. The van der Waals surface area contributed by atoms with E-state index in [1.54, 1.807) is 0 Å². The van der Waals surface area contributed by atoms with Crippen LogP contribution >= 0.6 is 0 Å². The predicted molar refractivity (Wildman–Crippen MR) is 97.1 cm³/mol. The monoisotopic (exact) mass is 356 g/mol. The normalized spacial score (nSPS) is 17.2. The zero-order valence-corrected chi connectivity index (χ0v) is 14.9. The van der Waals surface area contributed by atoms with Crippen LogP contribution in [0.15, 0.2) is 30.3 Å². The van der Waals surface area contributed by atoms with Gasteiger partial charge in [-0.05, 0) is 76.0 Å². The first-order valence-corrected chi connectivity index (χ1v) is 7.71. The number of pyridine rings is 1. The van der Waals surface area contributed by atoms with Crippen molar-refractivity contribution in [3.63, 3.8) is 0 Å². The summed E-state index contributed by atoms with van der Waals surface area (Å²) in [5.74, 6) is 1.17. The van der Waals surface area contributed by atoms with Gasteiger partial charge in [-0.2, -0.15) is 0 Å². The summed E-state index contributed by atoms with van der Waals surface area (Å²) in [4.78, 5) is 6.83. The molecule has 2 fully saturated rings. The van der Waals surface area contributed by atoms with Gasteiger partial charge in [0, 0.05) is 36.8 Å². The van der Waals surface area contributed by atoms with Gasteiger partial charge in [-0.3, -0.25) is 4.98 Å². The summed E-state index contributed by atoms with van der Waals surface area (Å²) in [5.41, 5.74) is 3.25. The summed E-state index contributed by atoms with van der Waals surface area (Å²) in [6.45, 7) is 0. The van der Waals surface area contributed by atoms with E-state index in [1.165, 1.54) is 17.0 Å². The average molecular weight is 356 g/mol. The van der Waals surface area contributed by atoms with Gasteiger partial charge in [-0.15, -0.1) is 0 Å². The van der Waals surface area contributed by atoms with E-state index in [1.807, 2.05) is 59.0 Å². The van der Waals surface area contributed by atoms with E-state index >= 15 is 0 Å². The smallest absolute Gasteiger partial charge is 0.378 e. The molecule has 0 unspecified atom stereocenters. The molecule has 4 rings (SSSR count). The van der Waals surface area contributed by atoms with Crippen LogP contribution in [0.4, 0.5) is 5.69 Å². The molecule has 2 aliphatic rings. The van der Waals surface area contributed by atoms with E-state index in [4.69, 9.17) is 4.98 Å². The topological polar surface area (TPSA) is 16.1 Å². The molecule has 3 heteroatoms.